The molecule has 0 aliphatic carbocycles. The number of anilines is 1. The number of thioether (sulfide) groups is 1. The third-order valence-electron chi connectivity index (χ3n) is 2.12. The average Bonchev–Trinajstić information content (AvgIpc) is 2.11. The summed E-state index contributed by atoms with van der Waals surface area (Å²) in [4.78, 5) is 11.6. The van der Waals surface area contributed by atoms with Gasteiger partial charge in [0.15, 0.2) is 0 Å². The Morgan fingerprint density at radius 3 is 2.87 bits per heavy atom. The fraction of sp³-hybridized carbons (Fsp3) is 0.364. The first kappa shape index (κ1) is 11.9. The van der Waals surface area contributed by atoms with Crippen LogP contribution in [0.1, 0.15) is 18.9 Å². The number of nitrogen functional groups attached to an aromatic ring is 1. The van der Waals surface area contributed by atoms with E-state index in [-0.39, 0.29) is 11.7 Å². The molecule has 0 saturated carbocycles. The summed E-state index contributed by atoms with van der Waals surface area (Å²) in [5.74, 6) is -0.767. The highest BCUT2D eigenvalue weighted by Gasteiger charge is 2.11. The maximum absolute atomic E-state index is 10.5. The number of carboxylic acids is 1. The van der Waals surface area contributed by atoms with E-state index in [0.29, 0.717) is 0 Å². The number of rotatable bonds is 4. The Labute approximate surface area is 93.7 Å². The molecule has 0 heterocycles. The molecular formula is C11H15NO2S. The van der Waals surface area contributed by atoms with Gasteiger partial charge in [0.2, 0.25) is 0 Å². The monoisotopic (exact) mass is 225 g/mol. The van der Waals surface area contributed by atoms with Gasteiger partial charge in [-0.1, -0.05) is 13.0 Å². The molecule has 0 amide bonds. The fourth-order valence-corrected chi connectivity index (χ4v) is 2.37. The lowest BCUT2D eigenvalue weighted by molar-refractivity contribution is -0.136. The molecule has 3 N–H and O–H groups in total. The summed E-state index contributed by atoms with van der Waals surface area (Å²) in [6, 6.07) is 5.70. The van der Waals surface area contributed by atoms with Gasteiger partial charge in [-0.2, -0.15) is 0 Å². The van der Waals surface area contributed by atoms with Gasteiger partial charge in [0, 0.05) is 15.8 Å². The van der Waals surface area contributed by atoms with Crippen LogP contribution in [-0.4, -0.2) is 16.3 Å². The van der Waals surface area contributed by atoms with Crippen LogP contribution in [0.3, 0.4) is 0 Å². The zero-order chi connectivity index (χ0) is 11.4. The van der Waals surface area contributed by atoms with Crippen LogP contribution in [0.5, 0.6) is 0 Å². The van der Waals surface area contributed by atoms with Gasteiger partial charge in [0.25, 0.3) is 0 Å². The second kappa shape index (κ2) is 5.07. The number of carboxylic acid groups (broad SMARTS) is 1. The zero-order valence-corrected chi connectivity index (χ0v) is 9.67. The van der Waals surface area contributed by atoms with Crippen LogP contribution in [0, 0.1) is 6.92 Å². The lowest BCUT2D eigenvalue weighted by Gasteiger charge is -2.11. The Hall–Kier alpha value is -1.16. The molecule has 0 aliphatic heterocycles. The number of aliphatic carboxylic acids is 1. The van der Waals surface area contributed by atoms with Gasteiger partial charge in [0.1, 0.15) is 0 Å². The molecule has 0 aromatic heterocycles. The molecule has 0 bridgehead atoms. The van der Waals surface area contributed by atoms with Gasteiger partial charge < -0.3 is 10.8 Å². The van der Waals surface area contributed by atoms with Crippen molar-refractivity contribution >= 4 is 23.4 Å². The molecular weight excluding hydrogens is 210 g/mol. The molecule has 0 saturated heterocycles. The SMILES string of the molecule is Cc1c(N)cccc1SC(C)CC(=O)O. The molecule has 0 radical (unpaired) electrons. The molecule has 15 heavy (non-hydrogen) atoms. The van der Waals surface area contributed by atoms with Gasteiger partial charge in [-0.25, -0.2) is 0 Å². The average molecular weight is 225 g/mol. The second-order valence-corrected chi connectivity index (χ2v) is 4.98. The first-order valence-electron chi connectivity index (χ1n) is 4.74. The standard InChI is InChI=1S/C11H15NO2S/c1-7(6-11(13)14)15-10-5-3-4-9(12)8(10)2/h3-5,7H,6,12H2,1-2H3,(H,13,14). The minimum Gasteiger partial charge on any atom is -0.481 e. The summed E-state index contributed by atoms with van der Waals surface area (Å²) in [6.45, 7) is 3.85. The van der Waals surface area contributed by atoms with Gasteiger partial charge >= 0.3 is 5.97 Å². The number of hydrogen-bond acceptors (Lipinski definition) is 3. The highest BCUT2D eigenvalue weighted by molar-refractivity contribution is 8.00. The number of nitrogens with two attached hydrogens (primary N) is 1. The summed E-state index contributed by atoms with van der Waals surface area (Å²) >= 11 is 1.55. The summed E-state index contributed by atoms with van der Waals surface area (Å²) in [6.07, 6.45) is 0.166. The summed E-state index contributed by atoms with van der Waals surface area (Å²) in [5.41, 5.74) is 7.55. The number of carbonyl (C=O) groups is 1. The van der Waals surface area contributed by atoms with Gasteiger partial charge in [-0.15, -0.1) is 11.8 Å². The van der Waals surface area contributed by atoms with Crippen molar-refractivity contribution in [1.29, 1.82) is 0 Å². The summed E-state index contributed by atoms with van der Waals surface area (Å²) in [5, 5.41) is 8.71. The highest BCUT2D eigenvalue weighted by atomic mass is 32.2. The van der Waals surface area contributed by atoms with E-state index in [9.17, 15) is 4.79 Å². The van der Waals surface area contributed by atoms with Crippen molar-refractivity contribution in [2.45, 2.75) is 30.4 Å². The lowest BCUT2D eigenvalue weighted by atomic mass is 10.2. The quantitative estimate of drug-likeness (QED) is 0.610. The van der Waals surface area contributed by atoms with Crippen LogP contribution in [0.15, 0.2) is 23.1 Å². The van der Waals surface area contributed by atoms with Crippen molar-refractivity contribution in [3.05, 3.63) is 23.8 Å². The predicted molar refractivity (Wildman–Crippen MR) is 63.2 cm³/mol. The van der Waals surface area contributed by atoms with Gasteiger partial charge in [-0.3, -0.25) is 4.79 Å². The van der Waals surface area contributed by atoms with E-state index >= 15 is 0 Å². The Morgan fingerprint density at radius 1 is 1.60 bits per heavy atom. The molecule has 1 unspecified atom stereocenters. The van der Waals surface area contributed by atoms with Crippen molar-refractivity contribution in [1.82, 2.24) is 0 Å². The molecule has 1 aromatic carbocycles. The van der Waals surface area contributed by atoms with Crippen LogP contribution in [0.25, 0.3) is 0 Å². The maximum atomic E-state index is 10.5. The van der Waals surface area contributed by atoms with Crippen molar-refractivity contribution in [3.8, 4) is 0 Å². The van der Waals surface area contributed by atoms with E-state index in [1.54, 1.807) is 11.8 Å². The van der Waals surface area contributed by atoms with Crippen LogP contribution in [0.2, 0.25) is 0 Å². The number of hydrogen-bond donors (Lipinski definition) is 2. The van der Waals surface area contributed by atoms with E-state index < -0.39 is 5.97 Å². The van der Waals surface area contributed by atoms with E-state index in [1.165, 1.54) is 0 Å². The molecule has 4 heteroatoms. The second-order valence-electron chi connectivity index (χ2n) is 3.50. The first-order valence-corrected chi connectivity index (χ1v) is 5.62. The molecule has 1 atom stereocenters. The zero-order valence-electron chi connectivity index (χ0n) is 8.86. The smallest absolute Gasteiger partial charge is 0.304 e. The normalized spacial score (nSPS) is 12.4. The first-order chi connectivity index (χ1) is 7.00. The van der Waals surface area contributed by atoms with E-state index in [4.69, 9.17) is 10.8 Å². The molecule has 82 valence electrons. The minimum absolute atomic E-state index is 0.0583. The molecule has 3 nitrogen and oxygen atoms in total. The van der Waals surface area contributed by atoms with Crippen LogP contribution in [0.4, 0.5) is 5.69 Å². The van der Waals surface area contributed by atoms with Crippen molar-refractivity contribution < 1.29 is 9.90 Å². The van der Waals surface area contributed by atoms with Crippen molar-refractivity contribution in [2.24, 2.45) is 0 Å². The lowest BCUT2D eigenvalue weighted by Crippen LogP contribution is -2.05. The highest BCUT2D eigenvalue weighted by Crippen LogP contribution is 2.30. The largest absolute Gasteiger partial charge is 0.481 e. The number of benzene rings is 1. The maximum Gasteiger partial charge on any atom is 0.304 e. The van der Waals surface area contributed by atoms with Gasteiger partial charge in [-0.05, 0) is 24.6 Å². The van der Waals surface area contributed by atoms with Gasteiger partial charge in [0.05, 0.1) is 6.42 Å². The van der Waals surface area contributed by atoms with Crippen molar-refractivity contribution in [2.75, 3.05) is 5.73 Å². The molecule has 1 rings (SSSR count). The van der Waals surface area contributed by atoms with E-state index in [2.05, 4.69) is 0 Å². The van der Waals surface area contributed by atoms with Crippen molar-refractivity contribution in [3.63, 3.8) is 0 Å². The molecule has 0 aliphatic rings. The third-order valence-corrected chi connectivity index (χ3v) is 3.38. The topological polar surface area (TPSA) is 63.3 Å². The fourth-order valence-electron chi connectivity index (χ4n) is 1.26. The Balaban J connectivity index is 2.72. The van der Waals surface area contributed by atoms with E-state index in [0.717, 1.165) is 16.1 Å². The minimum atomic E-state index is -0.767. The summed E-state index contributed by atoms with van der Waals surface area (Å²) in [7, 11) is 0. The van der Waals surface area contributed by atoms with Crippen LogP contribution < -0.4 is 5.73 Å². The van der Waals surface area contributed by atoms with E-state index in [1.807, 2.05) is 32.0 Å². The molecule has 0 spiro atoms. The van der Waals surface area contributed by atoms with Crippen LogP contribution >= 0.6 is 11.8 Å². The molecule has 0 fully saturated rings. The third kappa shape index (κ3) is 3.47. The predicted octanol–water partition coefficient (Wildman–Crippen LogP) is 2.53. The Kier molecular flexibility index (Phi) is 4.03. The Bertz CT molecular complexity index is 366. The Morgan fingerprint density at radius 2 is 2.27 bits per heavy atom. The summed E-state index contributed by atoms with van der Waals surface area (Å²) < 4.78 is 0. The molecule has 1 aromatic rings. The van der Waals surface area contributed by atoms with Crippen LogP contribution in [-0.2, 0) is 4.79 Å².